The summed E-state index contributed by atoms with van der Waals surface area (Å²) in [5.74, 6) is 0.421. The van der Waals surface area contributed by atoms with E-state index < -0.39 is 0 Å². The third-order valence-corrected chi connectivity index (χ3v) is 3.01. The first-order valence-electron chi connectivity index (χ1n) is 4.97. The molecule has 0 aliphatic carbocycles. The first-order valence-corrected chi connectivity index (χ1v) is 11.3. The predicted octanol–water partition coefficient (Wildman–Crippen LogP) is 5.43. The molecule has 1 nitrogen and oxygen atoms in total. The Morgan fingerprint density at radius 1 is 0.938 bits per heavy atom. The van der Waals surface area contributed by atoms with E-state index in [-0.39, 0.29) is 0 Å². The van der Waals surface area contributed by atoms with E-state index in [4.69, 9.17) is 0 Å². The van der Waals surface area contributed by atoms with Crippen LogP contribution in [0.3, 0.4) is 0 Å². The number of hydrogen-bond donors (Lipinski definition) is 1. The molecule has 1 rings (SSSR count). The highest BCUT2D eigenvalue weighted by molar-refractivity contribution is 15.0. The van der Waals surface area contributed by atoms with Crippen LogP contribution in [0.4, 0.5) is 0 Å². The van der Waals surface area contributed by atoms with Crippen molar-refractivity contribution in [2.24, 2.45) is 0 Å². The van der Waals surface area contributed by atoms with Gasteiger partial charge in [-0.05, 0) is 62.4 Å². The molecule has 0 radical (unpaired) electrons. The van der Waals surface area contributed by atoms with Gasteiger partial charge < -0.3 is 5.11 Å². The summed E-state index contributed by atoms with van der Waals surface area (Å²) in [6.07, 6.45) is 0. The Balaban J connectivity index is 0.00000106. The Bertz CT molecular complexity index is 380. The van der Waals surface area contributed by atoms with Gasteiger partial charge in [0.25, 0.3) is 0 Å². The van der Waals surface area contributed by atoms with Crippen molar-refractivity contribution in [2.45, 2.75) is 34.6 Å². The highest BCUT2D eigenvalue weighted by Gasteiger charge is 2.13. The molecule has 0 bridgehead atoms. The van der Waals surface area contributed by atoms with Crippen molar-refractivity contribution < 1.29 is 5.11 Å². The van der Waals surface area contributed by atoms with Gasteiger partial charge in [0.1, 0.15) is 5.75 Å². The van der Waals surface area contributed by atoms with Crippen molar-refractivity contribution in [3.8, 4) is 5.75 Å². The van der Waals surface area contributed by atoms with Crippen molar-refractivity contribution in [1.29, 1.82) is 0 Å². The summed E-state index contributed by atoms with van der Waals surface area (Å²) in [6.45, 7) is 13.9. The minimum Gasteiger partial charge on any atom is -0.507 e. The van der Waals surface area contributed by atoms with E-state index in [9.17, 15) is 5.11 Å². The fourth-order valence-corrected chi connectivity index (χ4v) is 1.93. The Morgan fingerprint density at radius 3 is 1.50 bits per heavy atom. The van der Waals surface area contributed by atoms with Crippen LogP contribution in [-0.2, 0) is 0 Å². The Kier molecular flexibility index (Phi) is 6.93. The lowest BCUT2D eigenvalue weighted by Gasteiger charge is -2.17. The fraction of sp³-hybridized carbons (Fsp3) is 0.385. The van der Waals surface area contributed by atoms with E-state index in [1.807, 2.05) is 34.6 Å². The molecule has 1 aromatic rings. The largest absolute Gasteiger partial charge is 0.507 e. The minimum atomic E-state index is 0.421. The molecule has 0 aliphatic heterocycles. The number of allylic oxidation sites excluding steroid dienone is 1. The monoisotopic (exact) mass is 444 g/mol. The summed E-state index contributed by atoms with van der Waals surface area (Å²) in [7, 11) is 0. The number of halogens is 2. The molecule has 0 heterocycles. The van der Waals surface area contributed by atoms with Gasteiger partial charge in [-0.2, -0.15) is 0 Å². The van der Waals surface area contributed by atoms with Crippen LogP contribution in [-0.4, -0.2) is 5.11 Å². The molecule has 0 saturated carbocycles. The molecular formula is C13H18I2O. The molecule has 1 N–H and O–H groups in total. The van der Waals surface area contributed by atoms with E-state index in [1.54, 1.807) is 0 Å². The molecule has 0 unspecified atom stereocenters. The smallest absolute Gasteiger partial charge is 0.121 e. The molecular weight excluding hydrogens is 426 g/mol. The van der Waals surface area contributed by atoms with Crippen molar-refractivity contribution in [2.75, 3.05) is 0 Å². The van der Waals surface area contributed by atoms with Crippen LogP contribution in [0, 0.1) is 27.7 Å². The Hall–Kier alpha value is 0.220. The van der Waals surface area contributed by atoms with Gasteiger partial charge in [-0.1, -0.05) is 12.2 Å². The van der Waals surface area contributed by atoms with Crippen LogP contribution in [0.15, 0.2) is 6.58 Å². The first kappa shape index (κ1) is 16.2. The van der Waals surface area contributed by atoms with E-state index in [0.717, 1.165) is 27.8 Å². The topological polar surface area (TPSA) is 20.2 Å². The second-order valence-corrected chi connectivity index (χ2v) is 4.00. The van der Waals surface area contributed by atoms with Crippen LogP contribution < -0.4 is 0 Å². The molecule has 0 amide bonds. The standard InChI is InChI=1S/C13H18O.I2/c1-7(2)12-8(3)10(5)13(14)11(6)9(12)4;1-2/h14H,1H2,2-6H3;. The lowest BCUT2D eigenvalue weighted by Crippen LogP contribution is -1.97. The average molecular weight is 444 g/mol. The number of benzene rings is 1. The number of phenols is 1. The summed E-state index contributed by atoms with van der Waals surface area (Å²) in [6, 6.07) is 0. The molecule has 16 heavy (non-hydrogen) atoms. The van der Waals surface area contributed by atoms with E-state index >= 15 is 0 Å². The van der Waals surface area contributed by atoms with Gasteiger partial charge in [-0.3, -0.25) is 0 Å². The van der Waals surface area contributed by atoms with Gasteiger partial charge in [-0.15, -0.1) is 0 Å². The lowest BCUT2D eigenvalue weighted by molar-refractivity contribution is 0.465. The maximum Gasteiger partial charge on any atom is 0.121 e. The highest BCUT2D eigenvalue weighted by atomic mass is 128. The summed E-state index contributed by atoms with van der Waals surface area (Å²) in [5.41, 5.74) is 6.46. The van der Waals surface area contributed by atoms with Gasteiger partial charge in [0.2, 0.25) is 0 Å². The highest BCUT2D eigenvalue weighted by Crippen LogP contribution is 2.34. The molecule has 1 aromatic carbocycles. The van der Waals surface area contributed by atoms with Crippen LogP contribution in [0.1, 0.15) is 34.7 Å². The zero-order chi connectivity index (χ0) is 13.0. The first-order chi connectivity index (χ1) is 7.37. The van der Waals surface area contributed by atoms with E-state index in [2.05, 4.69) is 43.8 Å². The fourth-order valence-electron chi connectivity index (χ4n) is 1.93. The SMILES string of the molecule is C=C(C)c1c(C)c(C)c(O)c(C)c1C.II. The van der Waals surface area contributed by atoms with Crippen molar-refractivity contribution in [3.63, 3.8) is 0 Å². The molecule has 0 aromatic heterocycles. The summed E-state index contributed by atoms with van der Waals surface area (Å²) in [4.78, 5) is 0. The van der Waals surface area contributed by atoms with Crippen molar-refractivity contribution in [3.05, 3.63) is 34.4 Å². The van der Waals surface area contributed by atoms with Gasteiger partial charge in [0.15, 0.2) is 0 Å². The molecule has 0 atom stereocenters. The minimum absolute atomic E-state index is 0.421. The second kappa shape index (κ2) is 6.83. The zero-order valence-corrected chi connectivity index (χ0v) is 14.7. The van der Waals surface area contributed by atoms with Crippen LogP contribution in [0.25, 0.3) is 5.57 Å². The summed E-state index contributed by atoms with van der Waals surface area (Å²) in [5, 5.41) is 9.84. The third kappa shape index (κ3) is 3.12. The van der Waals surface area contributed by atoms with Crippen LogP contribution >= 0.6 is 37.2 Å². The Morgan fingerprint density at radius 2 is 1.25 bits per heavy atom. The quantitative estimate of drug-likeness (QED) is 0.573. The molecule has 90 valence electrons. The molecule has 0 fully saturated rings. The van der Waals surface area contributed by atoms with Gasteiger partial charge in [-0.25, -0.2) is 0 Å². The van der Waals surface area contributed by atoms with E-state index in [1.165, 1.54) is 5.56 Å². The second-order valence-electron chi connectivity index (χ2n) is 4.00. The number of aromatic hydroxyl groups is 1. The predicted molar refractivity (Wildman–Crippen MR) is 89.8 cm³/mol. The van der Waals surface area contributed by atoms with Crippen LogP contribution in [0.2, 0.25) is 0 Å². The number of hydrogen-bond acceptors (Lipinski definition) is 1. The average Bonchev–Trinajstić information content (AvgIpc) is 2.26. The number of rotatable bonds is 1. The summed E-state index contributed by atoms with van der Waals surface area (Å²) < 4.78 is 0. The maximum atomic E-state index is 9.84. The number of phenolic OH excluding ortho intramolecular Hbond substituents is 1. The third-order valence-electron chi connectivity index (χ3n) is 3.01. The maximum absolute atomic E-state index is 9.84. The molecule has 0 aliphatic rings. The zero-order valence-electron chi connectivity index (χ0n) is 10.4. The normalized spacial score (nSPS) is 9.44. The van der Waals surface area contributed by atoms with Gasteiger partial charge >= 0.3 is 0 Å². The lowest BCUT2D eigenvalue weighted by atomic mass is 9.90. The molecule has 0 spiro atoms. The van der Waals surface area contributed by atoms with Crippen LogP contribution in [0.5, 0.6) is 5.75 Å². The van der Waals surface area contributed by atoms with Crippen molar-refractivity contribution in [1.82, 2.24) is 0 Å². The molecule has 0 saturated heterocycles. The van der Waals surface area contributed by atoms with E-state index in [0.29, 0.717) is 5.75 Å². The summed E-state index contributed by atoms with van der Waals surface area (Å²) >= 11 is 4.24. The van der Waals surface area contributed by atoms with Crippen molar-refractivity contribution >= 4 is 42.8 Å². The Labute approximate surface area is 122 Å². The van der Waals surface area contributed by atoms with Gasteiger partial charge in [0.05, 0.1) is 0 Å². The van der Waals surface area contributed by atoms with Gasteiger partial charge in [0, 0.05) is 37.2 Å². The molecule has 3 heteroatoms.